The van der Waals surface area contributed by atoms with Crippen LogP contribution in [0.5, 0.6) is 5.75 Å². The maximum absolute atomic E-state index is 9.51. The van der Waals surface area contributed by atoms with Gasteiger partial charge in [0.2, 0.25) is 13.9 Å². The highest BCUT2D eigenvalue weighted by Gasteiger charge is 2.39. The van der Waals surface area contributed by atoms with Gasteiger partial charge in [-0.25, -0.2) is 0 Å². The zero-order valence-corrected chi connectivity index (χ0v) is 14.7. The van der Waals surface area contributed by atoms with E-state index in [0.29, 0.717) is 0 Å². The average molecular weight is 301 g/mol. The second-order valence-electron chi connectivity index (χ2n) is 6.60. The summed E-state index contributed by atoms with van der Waals surface area (Å²) in [7, 11) is -1.78. The summed E-state index contributed by atoms with van der Waals surface area (Å²) < 4.78 is 12.2. The highest BCUT2D eigenvalue weighted by Crippen LogP contribution is 2.42. The molecule has 0 amide bonds. The second kappa shape index (κ2) is 5.23. The van der Waals surface area contributed by atoms with E-state index in [1.807, 2.05) is 19.1 Å². The van der Waals surface area contributed by atoms with Crippen LogP contribution in [-0.2, 0) is 10.8 Å². The van der Waals surface area contributed by atoms with Crippen molar-refractivity contribution >= 4 is 14.1 Å². The van der Waals surface area contributed by atoms with Crippen LogP contribution in [0.1, 0.15) is 31.9 Å². The van der Waals surface area contributed by atoms with Crippen LogP contribution in [0.2, 0.25) is 19.6 Å². The Bertz CT molecular complexity index is 637. The van der Waals surface area contributed by atoms with Crippen molar-refractivity contribution in [3.8, 4) is 11.8 Å². The van der Waals surface area contributed by atoms with E-state index in [1.54, 1.807) is 6.92 Å². The number of benzene rings is 1. The number of fused-ring (bicyclic) bond motifs is 1. The minimum Gasteiger partial charge on any atom is -0.544 e. The van der Waals surface area contributed by atoms with Crippen LogP contribution >= 0.6 is 0 Å². The molecule has 1 unspecified atom stereocenters. The third-order valence-corrected chi connectivity index (χ3v) is 4.51. The van der Waals surface area contributed by atoms with Crippen LogP contribution in [0.4, 0.5) is 0 Å². The van der Waals surface area contributed by atoms with E-state index in [0.717, 1.165) is 29.1 Å². The molecule has 0 radical (unpaired) electrons. The van der Waals surface area contributed by atoms with E-state index in [4.69, 9.17) is 9.16 Å². The minimum absolute atomic E-state index is 0.732. The monoisotopic (exact) mass is 301 g/mol. The van der Waals surface area contributed by atoms with Gasteiger partial charge in [0.1, 0.15) is 17.6 Å². The Morgan fingerprint density at radius 1 is 1.33 bits per heavy atom. The molecule has 112 valence electrons. The summed E-state index contributed by atoms with van der Waals surface area (Å²) in [6.45, 7) is 12.3. The molecule has 0 N–H and O–H groups in total. The maximum Gasteiger partial charge on any atom is 0.242 e. The van der Waals surface area contributed by atoms with Crippen LogP contribution in [0, 0.1) is 11.3 Å². The van der Waals surface area contributed by atoms with Gasteiger partial charge in [-0.05, 0) is 57.6 Å². The summed E-state index contributed by atoms with van der Waals surface area (Å²) in [4.78, 5) is 0. The summed E-state index contributed by atoms with van der Waals surface area (Å²) in [6, 6.07) is 8.38. The number of hydrogen-bond acceptors (Lipinski definition) is 3. The van der Waals surface area contributed by atoms with Gasteiger partial charge in [-0.15, -0.1) is 0 Å². The smallest absolute Gasteiger partial charge is 0.242 e. The predicted molar refractivity (Wildman–Crippen MR) is 87.5 cm³/mol. The van der Waals surface area contributed by atoms with Gasteiger partial charge >= 0.3 is 0 Å². The van der Waals surface area contributed by atoms with Crippen LogP contribution in [0.25, 0.3) is 5.76 Å². The van der Waals surface area contributed by atoms with Gasteiger partial charge in [-0.3, -0.25) is 0 Å². The molecule has 1 aromatic carbocycles. The quantitative estimate of drug-likeness (QED) is 0.772. The van der Waals surface area contributed by atoms with Crippen molar-refractivity contribution in [2.24, 2.45) is 0 Å². The molecule has 1 aliphatic rings. The molecular formula is C17H23NO2Si. The Balaban J connectivity index is 2.65. The number of nitrogens with zero attached hydrogens (tertiary/aromatic N) is 1. The summed E-state index contributed by atoms with van der Waals surface area (Å²) in [5.41, 5.74) is 2.10. The Labute approximate surface area is 128 Å². The van der Waals surface area contributed by atoms with Crippen molar-refractivity contribution < 1.29 is 9.16 Å². The Morgan fingerprint density at radius 2 is 2.00 bits per heavy atom. The van der Waals surface area contributed by atoms with E-state index in [9.17, 15) is 5.26 Å². The normalized spacial score (nSPS) is 21.4. The van der Waals surface area contributed by atoms with Crippen molar-refractivity contribution in [3.05, 3.63) is 34.9 Å². The van der Waals surface area contributed by atoms with Gasteiger partial charge in [0.25, 0.3) is 0 Å². The lowest BCUT2D eigenvalue weighted by molar-refractivity contribution is 0.177. The highest BCUT2D eigenvalue weighted by atomic mass is 28.4. The molecule has 0 saturated carbocycles. The molecule has 1 aromatic rings. The number of ether oxygens (including phenoxy) is 1. The van der Waals surface area contributed by atoms with Gasteiger partial charge in [0, 0.05) is 5.57 Å². The fourth-order valence-corrected chi connectivity index (χ4v) is 3.20. The second-order valence-corrected chi connectivity index (χ2v) is 11.0. The van der Waals surface area contributed by atoms with Gasteiger partial charge in [-0.1, -0.05) is 13.0 Å². The molecule has 1 heterocycles. The maximum atomic E-state index is 9.51. The van der Waals surface area contributed by atoms with Crippen molar-refractivity contribution in [1.82, 2.24) is 0 Å². The molecule has 0 fully saturated rings. The minimum atomic E-state index is -1.78. The third-order valence-electron chi connectivity index (χ3n) is 3.69. The van der Waals surface area contributed by atoms with Crippen molar-refractivity contribution in [3.63, 3.8) is 0 Å². The molecule has 21 heavy (non-hydrogen) atoms. The first kappa shape index (κ1) is 15.7. The van der Waals surface area contributed by atoms with Crippen LogP contribution in [-0.4, -0.2) is 13.9 Å². The molecule has 0 bridgehead atoms. The van der Waals surface area contributed by atoms with E-state index in [-0.39, 0.29) is 0 Å². The number of nitriles is 1. The Morgan fingerprint density at radius 3 is 2.52 bits per heavy atom. The first-order valence-corrected chi connectivity index (χ1v) is 10.7. The van der Waals surface area contributed by atoms with Crippen LogP contribution in [0.15, 0.2) is 23.8 Å². The highest BCUT2D eigenvalue weighted by molar-refractivity contribution is 6.70. The molecule has 4 heteroatoms. The zero-order chi connectivity index (χ0) is 15.8. The molecule has 2 rings (SSSR count). The lowest BCUT2D eigenvalue weighted by atomic mass is 9.91. The van der Waals surface area contributed by atoms with E-state index in [2.05, 4.69) is 38.7 Å². The largest absolute Gasteiger partial charge is 0.544 e. The molecule has 1 aliphatic heterocycles. The fourth-order valence-electron chi connectivity index (χ4n) is 2.32. The number of hydrogen-bond donors (Lipinski definition) is 0. The molecular weight excluding hydrogens is 278 g/mol. The predicted octanol–water partition coefficient (Wildman–Crippen LogP) is 4.51. The van der Waals surface area contributed by atoms with Crippen molar-refractivity contribution in [1.29, 1.82) is 5.26 Å². The van der Waals surface area contributed by atoms with Crippen LogP contribution < -0.4 is 4.74 Å². The van der Waals surface area contributed by atoms with E-state index >= 15 is 0 Å². The molecule has 3 nitrogen and oxygen atoms in total. The van der Waals surface area contributed by atoms with Gasteiger partial charge < -0.3 is 9.16 Å². The van der Waals surface area contributed by atoms with Gasteiger partial charge in [0.15, 0.2) is 0 Å². The summed E-state index contributed by atoms with van der Waals surface area (Å²) in [5.74, 6) is 1.56. The number of rotatable bonds is 3. The number of aryl methyl sites for hydroxylation is 1. The van der Waals surface area contributed by atoms with Crippen LogP contribution in [0.3, 0.4) is 0 Å². The lowest BCUT2D eigenvalue weighted by Crippen LogP contribution is -2.37. The molecule has 0 saturated heterocycles. The van der Waals surface area contributed by atoms with Gasteiger partial charge in [0.05, 0.1) is 5.56 Å². The third kappa shape index (κ3) is 2.98. The summed E-state index contributed by atoms with van der Waals surface area (Å²) in [5, 5.41) is 9.51. The first-order chi connectivity index (χ1) is 9.70. The van der Waals surface area contributed by atoms with Crippen molar-refractivity contribution in [2.75, 3.05) is 0 Å². The summed E-state index contributed by atoms with van der Waals surface area (Å²) >= 11 is 0. The molecule has 0 aliphatic carbocycles. The lowest BCUT2D eigenvalue weighted by Gasteiger charge is -2.35. The van der Waals surface area contributed by atoms with E-state index < -0.39 is 13.9 Å². The Kier molecular flexibility index (Phi) is 3.90. The molecule has 0 spiro atoms. The standard InChI is InChI=1S/C17H23NO2Si/c1-7-13-8-9-15-14(10-13)16(20-21(4,5)6)12(2)17(3,11-18)19-15/h8-10H,7H2,1-6H3. The molecule has 0 aromatic heterocycles. The Hall–Kier alpha value is -1.73. The van der Waals surface area contributed by atoms with E-state index in [1.165, 1.54) is 5.56 Å². The van der Waals surface area contributed by atoms with Gasteiger partial charge in [-0.2, -0.15) is 5.26 Å². The fraction of sp³-hybridized carbons (Fsp3) is 0.471. The SMILES string of the molecule is CCc1ccc2c(c1)C(O[Si](C)(C)C)=C(C)C(C)(C#N)O2. The average Bonchev–Trinajstić information content (AvgIpc) is 2.42. The zero-order valence-electron chi connectivity index (χ0n) is 13.7. The molecule has 1 atom stereocenters. The van der Waals surface area contributed by atoms with Crippen molar-refractivity contribution in [2.45, 2.75) is 52.4 Å². The topological polar surface area (TPSA) is 42.2 Å². The first-order valence-electron chi connectivity index (χ1n) is 7.34. The summed E-state index contributed by atoms with van der Waals surface area (Å²) in [6.07, 6.45) is 0.960.